The van der Waals surface area contributed by atoms with Crippen LogP contribution in [-0.4, -0.2) is 50.4 Å². The molecule has 4 heterocycles. The zero-order chi connectivity index (χ0) is 17.3. The van der Waals surface area contributed by atoms with E-state index in [9.17, 15) is 0 Å². The van der Waals surface area contributed by atoms with Crippen LogP contribution in [0.2, 0.25) is 0 Å². The van der Waals surface area contributed by atoms with E-state index >= 15 is 0 Å². The van der Waals surface area contributed by atoms with Crippen LogP contribution in [0.25, 0.3) is 16.7 Å². The van der Waals surface area contributed by atoms with Crippen LogP contribution in [0.3, 0.4) is 0 Å². The number of nitrogens with zero attached hydrogens (tertiary/aromatic N) is 6. The first-order valence-electron chi connectivity index (χ1n) is 8.96. The van der Waals surface area contributed by atoms with Crippen LogP contribution in [-0.2, 0) is 6.54 Å². The number of anilines is 1. The van der Waals surface area contributed by atoms with Gasteiger partial charge in [0.05, 0.1) is 11.7 Å². The third-order valence-corrected chi connectivity index (χ3v) is 5.04. The van der Waals surface area contributed by atoms with Gasteiger partial charge in [0.1, 0.15) is 11.8 Å². The van der Waals surface area contributed by atoms with Crippen molar-refractivity contribution in [2.75, 3.05) is 31.1 Å². The van der Waals surface area contributed by atoms with Gasteiger partial charge in [0.25, 0.3) is 0 Å². The lowest BCUT2D eigenvalue weighted by Crippen LogP contribution is -2.46. The Bertz CT molecular complexity index is 1030. The van der Waals surface area contributed by atoms with Gasteiger partial charge >= 0.3 is 0 Å². The molecule has 0 saturated carbocycles. The Hall–Kier alpha value is -2.99. The van der Waals surface area contributed by atoms with Crippen LogP contribution in [0.1, 0.15) is 5.56 Å². The molecule has 1 saturated heterocycles. The van der Waals surface area contributed by atoms with Crippen molar-refractivity contribution >= 4 is 22.5 Å². The number of benzene rings is 1. The Morgan fingerprint density at radius 2 is 1.73 bits per heavy atom. The Kier molecular flexibility index (Phi) is 3.75. The molecular formula is C20H20N6. The molecule has 0 aliphatic carbocycles. The molecule has 5 rings (SSSR count). The molecule has 0 spiro atoms. The zero-order valence-corrected chi connectivity index (χ0v) is 14.5. The molecule has 0 unspecified atom stereocenters. The molecule has 0 radical (unpaired) electrons. The monoisotopic (exact) mass is 344 g/mol. The standard InChI is InChI=1S/C20H20N6/c1-2-5-16(6-3-1)14-24-9-11-25(12-10-24)20-17-7-4-8-26(17)18-13-21-15-22-19(18)23-20/h1-8,13,15H,9-12,14H2. The van der Waals surface area contributed by atoms with Crippen LogP contribution in [0.4, 0.5) is 5.82 Å². The molecule has 4 aromatic rings. The summed E-state index contributed by atoms with van der Waals surface area (Å²) in [4.78, 5) is 18.2. The van der Waals surface area contributed by atoms with Gasteiger partial charge in [-0.2, -0.15) is 0 Å². The van der Waals surface area contributed by atoms with Crippen molar-refractivity contribution in [1.82, 2.24) is 24.3 Å². The average molecular weight is 344 g/mol. The van der Waals surface area contributed by atoms with Crippen LogP contribution in [0, 0.1) is 0 Å². The zero-order valence-electron chi connectivity index (χ0n) is 14.5. The number of aromatic nitrogens is 4. The van der Waals surface area contributed by atoms with Crippen molar-refractivity contribution in [3.8, 4) is 0 Å². The molecule has 6 heteroatoms. The highest BCUT2D eigenvalue weighted by molar-refractivity contribution is 5.82. The van der Waals surface area contributed by atoms with Crippen LogP contribution in [0.5, 0.6) is 0 Å². The molecule has 1 aliphatic rings. The van der Waals surface area contributed by atoms with E-state index in [0.717, 1.165) is 55.2 Å². The Morgan fingerprint density at radius 3 is 2.58 bits per heavy atom. The highest BCUT2D eigenvalue weighted by Crippen LogP contribution is 2.25. The SMILES string of the molecule is c1ccc(CN2CCN(c3nc4ncncc4n4cccc34)CC2)cc1. The van der Waals surface area contributed by atoms with E-state index in [0.29, 0.717) is 0 Å². The summed E-state index contributed by atoms with van der Waals surface area (Å²) in [6.45, 7) is 5.01. The van der Waals surface area contributed by atoms with Gasteiger partial charge < -0.3 is 9.30 Å². The van der Waals surface area contributed by atoms with E-state index in [1.54, 1.807) is 6.33 Å². The topological polar surface area (TPSA) is 49.6 Å². The molecule has 1 aliphatic heterocycles. The second-order valence-electron chi connectivity index (χ2n) is 6.68. The maximum Gasteiger partial charge on any atom is 0.181 e. The first-order chi connectivity index (χ1) is 12.9. The summed E-state index contributed by atoms with van der Waals surface area (Å²) in [5, 5.41) is 0. The van der Waals surface area contributed by atoms with E-state index in [1.807, 2.05) is 6.20 Å². The molecule has 6 nitrogen and oxygen atoms in total. The minimum Gasteiger partial charge on any atom is -0.352 e. The Labute approximate surface area is 151 Å². The van der Waals surface area contributed by atoms with Crippen molar-refractivity contribution < 1.29 is 0 Å². The summed E-state index contributed by atoms with van der Waals surface area (Å²) in [5.74, 6) is 1.01. The molecule has 26 heavy (non-hydrogen) atoms. The predicted molar refractivity (Wildman–Crippen MR) is 102 cm³/mol. The molecule has 3 aromatic heterocycles. The smallest absolute Gasteiger partial charge is 0.181 e. The third kappa shape index (κ3) is 2.68. The van der Waals surface area contributed by atoms with Crippen molar-refractivity contribution in [1.29, 1.82) is 0 Å². The minimum atomic E-state index is 0.741. The van der Waals surface area contributed by atoms with Gasteiger partial charge in [-0.05, 0) is 17.7 Å². The van der Waals surface area contributed by atoms with E-state index in [2.05, 4.69) is 72.8 Å². The van der Waals surface area contributed by atoms with E-state index in [-0.39, 0.29) is 0 Å². The Morgan fingerprint density at radius 1 is 0.885 bits per heavy atom. The minimum absolute atomic E-state index is 0.741. The van der Waals surface area contributed by atoms with Gasteiger partial charge in [-0.25, -0.2) is 15.0 Å². The second kappa shape index (κ2) is 6.38. The van der Waals surface area contributed by atoms with Gasteiger partial charge in [0, 0.05) is 38.9 Å². The summed E-state index contributed by atoms with van der Waals surface area (Å²) in [6.07, 6.45) is 5.44. The fourth-order valence-electron chi connectivity index (χ4n) is 3.69. The average Bonchev–Trinajstić information content (AvgIpc) is 3.19. The maximum absolute atomic E-state index is 4.84. The second-order valence-corrected chi connectivity index (χ2v) is 6.68. The fraction of sp³-hybridized carbons (Fsp3) is 0.250. The van der Waals surface area contributed by atoms with Gasteiger partial charge in [0.15, 0.2) is 11.5 Å². The fourth-order valence-corrected chi connectivity index (χ4v) is 3.69. The van der Waals surface area contributed by atoms with E-state index < -0.39 is 0 Å². The molecule has 0 bridgehead atoms. The lowest BCUT2D eigenvalue weighted by Gasteiger charge is -2.35. The molecular weight excluding hydrogens is 324 g/mol. The van der Waals surface area contributed by atoms with Crippen LogP contribution < -0.4 is 4.90 Å². The van der Waals surface area contributed by atoms with Gasteiger partial charge in [0.2, 0.25) is 0 Å². The number of hydrogen-bond donors (Lipinski definition) is 0. The first kappa shape index (κ1) is 15.3. The van der Waals surface area contributed by atoms with Gasteiger partial charge in [-0.1, -0.05) is 30.3 Å². The predicted octanol–water partition coefficient (Wildman–Crippen LogP) is 2.60. The summed E-state index contributed by atoms with van der Waals surface area (Å²) in [7, 11) is 0. The summed E-state index contributed by atoms with van der Waals surface area (Å²) >= 11 is 0. The number of fused-ring (bicyclic) bond motifs is 3. The highest BCUT2D eigenvalue weighted by atomic mass is 15.3. The number of hydrogen-bond acceptors (Lipinski definition) is 5. The molecule has 130 valence electrons. The number of rotatable bonds is 3. The summed E-state index contributed by atoms with van der Waals surface area (Å²) < 4.78 is 2.13. The summed E-state index contributed by atoms with van der Waals surface area (Å²) in [5.41, 5.74) is 4.17. The first-order valence-corrected chi connectivity index (χ1v) is 8.96. The molecule has 1 fully saturated rings. The van der Waals surface area contributed by atoms with E-state index in [1.165, 1.54) is 5.56 Å². The van der Waals surface area contributed by atoms with Crippen molar-refractivity contribution in [3.63, 3.8) is 0 Å². The van der Waals surface area contributed by atoms with Crippen molar-refractivity contribution in [3.05, 3.63) is 66.7 Å². The third-order valence-electron chi connectivity index (χ3n) is 5.04. The van der Waals surface area contributed by atoms with Crippen LogP contribution >= 0.6 is 0 Å². The van der Waals surface area contributed by atoms with Gasteiger partial charge in [-0.3, -0.25) is 4.90 Å². The lowest BCUT2D eigenvalue weighted by atomic mass is 10.2. The maximum atomic E-state index is 4.84. The summed E-state index contributed by atoms with van der Waals surface area (Å²) in [6, 6.07) is 14.8. The van der Waals surface area contributed by atoms with E-state index in [4.69, 9.17) is 4.98 Å². The van der Waals surface area contributed by atoms with Crippen LogP contribution in [0.15, 0.2) is 61.2 Å². The highest BCUT2D eigenvalue weighted by Gasteiger charge is 2.21. The quantitative estimate of drug-likeness (QED) is 0.572. The van der Waals surface area contributed by atoms with Crippen molar-refractivity contribution in [2.24, 2.45) is 0 Å². The Balaban J connectivity index is 1.40. The van der Waals surface area contributed by atoms with Crippen molar-refractivity contribution in [2.45, 2.75) is 6.54 Å². The largest absolute Gasteiger partial charge is 0.352 e. The molecule has 1 aromatic carbocycles. The van der Waals surface area contributed by atoms with Gasteiger partial charge in [-0.15, -0.1) is 0 Å². The molecule has 0 N–H and O–H groups in total. The number of piperazine rings is 1. The lowest BCUT2D eigenvalue weighted by molar-refractivity contribution is 0.249. The normalized spacial score (nSPS) is 15.8. The molecule has 0 atom stereocenters. The molecule has 0 amide bonds.